The maximum absolute atomic E-state index is 13.1. The van der Waals surface area contributed by atoms with Crippen molar-refractivity contribution >= 4 is 5.91 Å². The molecule has 1 aromatic carbocycles. The van der Waals surface area contributed by atoms with Crippen LogP contribution in [0, 0.1) is 5.82 Å². The van der Waals surface area contributed by atoms with Crippen LogP contribution >= 0.6 is 0 Å². The van der Waals surface area contributed by atoms with Gasteiger partial charge in [0.2, 0.25) is 0 Å². The molecule has 0 spiro atoms. The number of nitrogens with one attached hydrogen (secondary N) is 1. The van der Waals surface area contributed by atoms with Crippen molar-refractivity contribution in [3.63, 3.8) is 0 Å². The number of hydrogen-bond donors (Lipinski definition) is 2. The summed E-state index contributed by atoms with van der Waals surface area (Å²) >= 11 is 0. The van der Waals surface area contributed by atoms with Gasteiger partial charge in [0, 0.05) is 18.0 Å². The average molecular weight is 279 g/mol. The smallest absolute Gasteiger partial charge is 0.261 e. The Morgan fingerprint density at radius 3 is 2.80 bits per heavy atom. The SMILES string of the molecule is O=C(NC1CCC(O)CC1)C1Cc2cc(F)ccc2O1. The van der Waals surface area contributed by atoms with Crippen LogP contribution in [0.15, 0.2) is 18.2 Å². The number of aliphatic hydroxyl groups excluding tert-OH is 1. The Morgan fingerprint density at radius 2 is 2.05 bits per heavy atom. The number of aliphatic hydroxyl groups is 1. The summed E-state index contributed by atoms with van der Waals surface area (Å²) in [5.41, 5.74) is 0.740. The van der Waals surface area contributed by atoms with Gasteiger partial charge < -0.3 is 15.2 Å². The number of ether oxygens (including phenoxy) is 1. The molecule has 108 valence electrons. The van der Waals surface area contributed by atoms with Gasteiger partial charge in [0.05, 0.1) is 6.10 Å². The third-order valence-corrected chi connectivity index (χ3v) is 4.03. The Bertz CT molecular complexity index is 512. The molecule has 0 bridgehead atoms. The van der Waals surface area contributed by atoms with Crippen molar-refractivity contribution < 1.29 is 19.0 Å². The average Bonchev–Trinajstić information content (AvgIpc) is 2.84. The highest BCUT2D eigenvalue weighted by Crippen LogP contribution is 2.29. The van der Waals surface area contributed by atoms with Crippen molar-refractivity contribution in [1.29, 1.82) is 0 Å². The van der Waals surface area contributed by atoms with Crippen LogP contribution in [0.25, 0.3) is 0 Å². The van der Waals surface area contributed by atoms with Crippen LogP contribution in [0.1, 0.15) is 31.2 Å². The quantitative estimate of drug-likeness (QED) is 0.863. The van der Waals surface area contributed by atoms with E-state index in [1.165, 1.54) is 12.1 Å². The van der Waals surface area contributed by atoms with Crippen LogP contribution in [0.3, 0.4) is 0 Å². The first-order chi connectivity index (χ1) is 9.61. The first kappa shape index (κ1) is 13.4. The van der Waals surface area contributed by atoms with Gasteiger partial charge in [0.15, 0.2) is 6.10 Å². The third kappa shape index (κ3) is 2.77. The first-order valence-electron chi connectivity index (χ1n) is 7.05. The molecule has 3 rings (SSSR count). The second kappa shape index (κ2) is 5.40. The van der Waals surface area contributed by atoms with Crippen LogP contribution in [-0.4, -0.2) is 29.3 Å². The van der Waals surface area contributed by atoms with E-state index < -0.39 is 6.10 Å². The van der Waals surface area contributed by atoms with Gasteiger partial charge in [-0.05, 0) is 43.9 Å². The van der Waals surface area contributed by atoms with Gasteiger partial charge in [0.1, 0.15) is 11.6 Å². The van der Waals surface area contributed by atoms with E-state index in [2.05, 4.69) is 5.32 Å². The van der Waals surface area contributed by atoms with Crippen LogP contribution in [0.2, 0.25) is 0 Å². The maximum atomic E-state index is 13.1. The molecular formula is C15H18FNO3. The minimum absolute atomic E-state index is 0.106. The predicted octanol–water partition coefficient (Wildman–Crippen LogP) is 1.55. The fraction of sp³-hybridized carbons (Fsp3) is 0.533. The second-order valence-electron chi connectivity index (χ2n) is 5.58. The number of benzene rings is 1. The van der Waals surface area contributed by atoms with Gasteiger partial charge in [-0.25, -0.2) is 4.39 Å². The van der Waals surface area contributed by atoms with Crippen molar-refractivity contribution in [3.05, 3.63) is 29.6 Å². The highest BCUT2D eigenvalue weighted by Gasteiger charge is 2.31. The lowest BCUT2D eigenvalue weighted by Crippen LogP contribution is -2.45. The lowest BCUT2D eigenvalue weighted by molar-refractivity contribution is -0.128. The van der Waals surface area contributed by atoms with E-state index in [0.717, 1.165) is 31.2 Å². The number of carbonyl (C=O) groups is 1. The summed E-state index contributed by atoms with van der Waals surface area (Å²) < 4.78 is 18.7. The van der Waals surface area contributed by atoms with Crippen LogP contribution in [0.4, 0.5) is 4.39 Å². The molecule has 0 aromatic heterocycles. The minimum atomic E-state index is -0.571. The van der Waals surface area contributed by atoms with Crippen molar-refractivity contribution in [1.82, 2.24) is 5.32 Å². The lowest BCUT2D eigenvalue weighted by atomic mass is 9.93. The number of hydrogen-bond acceptors (Lipinski definition) is 3. The molecule has 20 heavy (non-hydrogen) atoms. The van der Waals surface area contributed by atoms with E-state index >= 15 is 0 Å². The predicted molar refractivity (Wildman–Crippen MR) is 70.9 cm³/mol. The number of rotatable bonds is 2. The molecule has 2 aliphatic rings. The van der Waals surface area contributed by atoms with Crippen molar-refractivity contribution in [2.75, 3.05) is 0 Å². The molecule has 5 heteroatoms. The summed E-state index contributed by atoms with van der Waals surface area (Å²) in [5, 5.41) is 12.4. The molecule has 1 aliphatic heterocycles. The van der Waals surface area contributed by atoms with E-state index in [1.807, 2.05) is 0 Å². The summed E-state index contributed by atoms with van der Waals surface area (Å²) in [6.45, 7) is 0. The highest BCUT2D eigenvalue weighted by molar-refractivity contribution is 5.82. The Hall–Kier alpha value is -1.62. The molecule has 1 aliphatic carbocycles. The highest BCUT2D eigenvalue weighted by atomic mass is 19.1. The molecule has 1 fully saturated rings. The molecule has 1 amide bonds. The van der Waals surface area contributed by atoms with E-state index in [1.54, 1.807) is 6.07 Å². The Balaban J connectivity index is 1.57. The summed E-state index contributed by atoms with van der Waals surface area (Å²) in [4.78, 5) is 12.2. The van der Waals surface area contributed by atoms with E-state index in [0.29, 0.717) is 12.2 Å². The van der Waals surface area contributed by atoms with Crippen molar-refractivity contribution in [2.24, 2.45) is 0 Å². The Morgan fingerprint density at radius 1 is 1.30 bits per heavy atom. The summed E-state index contributed by atoms with van der Waals surface area (Å²) in [6.07, 6.45) is 2.64. The monoisotopic (exact) mass is 279 g/mol. The summed E-state index contributed by atoms with van der Waals surface area (Å²) in [7, 11) is 0. The molecule has 1 atom stereocenters. The largest absolute Gasteiger partial charge is 0.480 e. The molecule has 1 aromatic rings. The molecule has 0 saturated heterocycles. The van der Waals surface area contributed by atoms with Gasteiger partial charge in [-0.1, -0.05) is 0 Å². The van der Waals surface area contributed by atoms with Gasteiger partial charge in [-0.2, -0.15) is 0 Å². The van der Waals surface area contributed by atoms with Gasteiger partial charge in [0.25, 0.3) is 5.91 Å². The van der Waals surface area contributed by atoms with E-state index in [9.17, 15) is 14.3 Å². The van der Waals surface area contributed by atoms with Gasteiger partial charge in [-0.3, -0.25) is 4.79 Å². The first-order valence-corrected chi connectivity index (χ1v) is 7.05. The zero-order valence-electron chi connectivity index (χ0n) is 11.1. The summed E-state index contributed by atoms with van der Waals surface area (Å²) in [5.74, 6) is 0.128. The molecule has 1 saturated carbocycles. The van der Waals surface area contributed by atoms with Gasteiger partial charge in [-0.15, -0.1) is 0 Å². The van der Waals surface area contributed by atoms with Crippen molar-refractivity contribution in [2.45, 2.75) is 50.4 Å². The minimum Gasteiger partial charge on any atom is -0.480 e. The molecule has 0 radical (unpaired) electrons. The van der Waals surface area contributed by atoms with Crippen LogP contribution < -0.4 is 10.1 Å². The zero-order valence-corrected chi connectivity index (χ0v) is 11.1. The molecule has 2 N–H and O–H groups in total. The fourth-order valence-corrected chi connectivity index (χ4v) is 2.88. The molecule has 1 heterocycles. The maximum Gasteiger partial charge on any atom is 0.261 e. The number of halogens is 1. The van der Waals surface area contributed by atoms with Gasteiger partial charge >= 0.3 is 0 Å². The normalized spacial score (nSPS) is 28.6. The lowest BCUT2D eigenvalue weighted by Gasteiger charge is -2.27. The zero-order chi connectivity index (χ0) is 14.1. The molecule has 1 unspecified atom stereocenters. The molecular weight excluding hydrogens is 261 g/mol. The molecule has 4 nitrogen and oxygen atoms in total. The van der Waals surface area contributed by atoms with Crippen molar-refractivity contribution in [3.8, 4) is 5.75 Å². The number of carbonyl (C=O) groups excluding carboxylic acids is 1. The van der Waals surface area contributed by atoms with E-state index in [4.69, 9.17) is 4.74 Å². The third-order valence-electron chi connectivity index (χ3n) is 4.03. The summed E-state index contributed by atoms with van der Waals surface area (Å²) in [6, 6.07) is 4.42. The topological polar surface area (TPSA) is 58.6 Å². The fourth-order valence-electron chi connectivity index (χ4n) is 2.88. The van der Waals surface area contributed by atoms with E-state index in [-0.39, 0.29) is 23.9 Å². The van der Waals surface area contributed by atoms with Crippen LogP contribution in [0.5, 0.6) is 5.75 Å². The Kier molecular flexibility index (Phi) is 3.61. The number of amides is 1. The Labute approximate surface area is 116 Å². The number of fused-ring (bicyclic) bond motifs is 1. The second-order valence-corrected chi connectivity index (χ2v) is 5.58. The standard InChI is InChI=1S/C15H18FNO3/c16-10-1-6-13-9(7-10)8-14(20-13)15(19)17-11-2-4-12(18)5-3-11/h1,6-7,11-12,14,18H,2-5,8H2,(H,17,19). The van der Waals surface area contributed by atoms with Crippen LogP contribution in [-0.2, 0) is 11.2 Å².